The van der Waals surface area contributed by atoms with Gasteiger partial charge in [0.25, 0.3) is 5.91 Å². The number of hydroxylamine groups is 1. The van der Waals surface area contributed by atoms with Crippen LogP contribution in [0.5, 0.6) is 0 Å². The van der Waals surface area contributed by atoms with E-state index in [4.69, 9.17) is 5.21 Å². The zero-order valence-electron chi connectivity index (χ0n) is 16.4. The fourth-order valence-corrected chi connectivity index (χ4v) is 3.76. The van der Waals surface area contributed by atoms with Gasteiger partial charge in [-0.3, -0.25) is 24.6 Å². The van der Waals surface area contributed by atoms with Crippen LogP contribution in [0.1, 0.15) is 17.7 Å². The molecule has 4 N–H and O–H groups in total. The van der Waals surface area contributed by atoms with Gasteiger partial charge in [-0.2, -0.15) is 0 Å². The molecule has 2 aromatic rings. The first-order valence-corrected chi connectivity index (χ1v) is 11.2. The van der Waals surface area contributed by atoms with Crippen LogP contribution < -0.4 is 15.5 Å². The van der Waals surface area contributed by atoms with Gasteiger partial charge in [-0.05, 0) is 30.2 Å². The number of benzene rings is 1. The summed E-state index contributed by atoms with van der Waals surface area (Å²) in [6, 6.07) is 7.61. The Morgan fingerprint density at radius 1 is 1.33 bits per heavy atom. The van der Waals surface area contributed by atoms with Gasteiger partial charge < -0.3 is 5.32 Å². The molecule has 2 heterocycles. The van der Waals surface area contributed by atoms with Gasteiger partial charge in [0.15, 0.2) is 0 Å². The molecule has 1 saturated heterocycles. The van der Waals surface area contributed by atoms with Crippen LogP contribution in [0.15, 0.2) is 42.7 Å². The van der Waals surface area contributed by atoms with Crippen LogP contribution in [0.4, 0.5) is 11.5 Å². The van der Waals surface area contributed by atoms with Gasteiger partial charge in [0.2, 0.25) is 10.0 Å². The van der Waals surface area contributed by atoms with Gasteiger partial charge in [0.05, 0.1) is 24.3 Å². The van der Waals surface area contributed by atoms with Crippen LogP contribution in [0, 0.1) is 0 Å². The molecule has 0 saturated carbocycles. The van der Waals surface area contributed by atoms with E-state index in [1.165, 1.54) is 17.8 Å². The number of carbonyl (C=O) groups excluding carboxylic acids is 1. The van der Waals surface area contributed by atoms with Crippen LogP contribution in [0.2, 0.25) is 0 Å². The molecule has 160 valence electrons. The molecule has 11 heteroatoms. The number of amides is 1. The summed E-state index contributed by atoms with van der Waals surface area (Å²) in [5.74, 6) is 0.00708. The fraction of sp³-hybridized carbons (Fsp3) is 0.316. The lowest BCUT2D eigenvalue weighted by molar-refractivity contribution is -0.124. The summed E-state index contributed by atoms with van der Waals surface area (Å²) in [4.78, 5) is 21.8. The number of anilines is 2. The molecule has 1 amide bonds. The highest BCUT2D eigenvalue weighted by atomic mass is 32.2. The third-order valence-electron chi connectivity index (χ3n) is 4.45. The van der Waals surface area contributed by atoms with Gasteiger partial charge in [-0.1, -0.05) is 12.1 Å². The zero-order chi connectivity index (χ0) is 21.6. The largest absolute Gasteiger partial charge is 0.365 e. The Bertz CT molecular complexity index is 1010. The van der Waals surface area contributed by atoms with E-state index in [9.17, 15) is 13.2 Å². The lowest BCUT2D eigenvalue weighted by Gasteiger charge is -2.17. The van der Waals surface area contributed by atoms with Crippen LogP contribution in [-0.2, 0) is 21.4 Å². The minimum atomic E-state index is -3.30. The molecule has 3 rings (SSSR count). The number of carbonyl (C=O) groups is 1. The van der Waals surface area contributed by atoms with Crippen LogP contribution in [0.25, 0.3) is 6.08 Å². The molecule has 0 spiro atoms. The minimum Gasteiger partial charge on any atom is -0.365 e. The maximum absolute atomic E-state index is 11.4. The zero-order valence-corrected chi connectivity index (χ0v) is 17.3. The first-order valence-electron chi connectivity index (χ1n) is 9.30. The number of likely N-dealkylation sites (tertiary alicyclic amines) is 1. The van der Waals surface area contributed by atoms with E-state index in [1.54, 1.807) is 12.3 Å². The minimum absolute atomic E-state index is 0.221. The summed E-state index contributed by atoms with van der Waals surface area (Å²) in [6.07, 6.45) is 7.82. The molecular formula is C19H24N6O4S. The van der Waals surface area contributed by atoms with E-state index >= 15 is 0 Å². The SMILES string of the molecule is CS(=O)(=O)Nc1cccc(CN2CC[C@@H](Nc3cnc(/C=C/C(=O)NO)cn3)C2)c1. The molecule has 1 aromatic heterocycles. The third-order valence-corrected chi connectivity index (χ3v) is 5.05. The van der Waals surface area contributed by atoms with Gasteiger partial charge in [0.1, 0.15) is 5.82 Å². The average molecular weight is 433 g/mol. The smallest absolute Gasteiger partial charge is 0.267 e. The number of aromatic nitrogens is 2. The van der Waals surface area contributed by atoms with E-state index in [2.05, 4.69) is 24.9 Å². The van der Waals surface area contributed by atoms with Crippen molar-refractivity contribution in [2.45, 2.75) is 19.0 Å². The van der Waals surface area contributed by atoms with Crippen molar-refractivity contribution in [3.8, 4) is 0 Å². The molecule has 1 fully saturated rings. The molecule has 10 nitrogen and oxygen atoms in total. The van der Waals surface area contributed by atoms with Gasteiger partial charge in [0, 0.05) is 37.4 Å². The summed E-state index contributed by atoms with van der Waals surface area (Å²) in [6.45, 7) is 2.45. The Labute approximate surface area is 175 Å². The molecule has 0 radical (unpaired) electrons. The molecule has 0 unspecified atom stereocenters. The summed E-state index contributed by atoms with van der Waals surface area (Å²) >= 11 is 0. The Balaban J connectivity index is 1.52. The van der Waals surface area contributed by atoms with E-state index in [0.29, 0.717) is 17.2 Å². The second-order valence-electron chi connectivity index (χ2n) is 7.08. The quantitative estimate of drug-likeness (QED) is 0.276. The summed E-state index contributed by atoms with van der Waals surface area (Å²) in [7, 11) is -3.30. The first-order chi connectivity index (χ1) is 14.3. The number of rotatable bonds is 8. The van der Waals surface area contributed by atoms with Crippen LogP contribution >= 0.6 is 0 Å². The number of hydrogen-bond acceptors (Lipinski definition) is 8. The summed E-state index contributed by atoms with van der Waals surface area (Å²) < 4.78 is 25.3. The molecule has 1 atom stereocenters. The van der Waals surface area contributed by atoms with Crippen molar-refractivity contribution in [3.63, 3.8) is 0 Å². The number of hydrogen-bond donors (Lipinski definition) is 4. The molecule has 0 aliphatic carbocycles. The highest BCUT2D eigenvalue weighted by molar-refractivity contribution is 7.92. The monoisotopic (exact) mass is 432 g/mol. The Kier molecular flexibility index (Phi) is 6.98. The second kappa shape index (κ2) is 9.65. The average Bonchev–Trinajstić information content (AvgIpc) is 3.12. The molecule has 1 aromatic carbocycles. The van der Waals surface area contributed by atoms with E-state index < -0.39 is 15.9 Å². The van der Waals surface area contributed by atoms with Gasteiger partial charge >= 0.3 is 0 Å². The summed E-state index contributed by atoms with van der Waals surface area (Å²) in [5, 5.41) is 11.8. The molecular weight excluding hydrogens is 408 g/mol. The predicted molar refractivity (Wildman–Crippen MR) is 113 cm³/mol. The van der Waals surface area contributed by atoms with Crippen molar-refractivity contribution < 1.29 is 18.4 Å². The fourth-order valence-electron chi connectivity index (χ4n) is 3.21. The lowest BCUT2D eigenvalue weighted by atomic mass is 10.2. The lowest BCUT2D eigenvalue weighted by Crippen LogP contribution is -2.26. The van der Waals surface area contributed by atoms with Gasteiger partial charge in [-0.25, -0.2) is 18.9 Å². The van der Waals surface area contributed by atoms with Crippen molar-refractivity contribution in [2.75, 3.05) is 29.4 Å². The van der Waals surface area contributed by atoms with Crippen molar-refractivity contribution in [1.82, 2.24) is 20.3 Å². The molecule has 30 heavy (non-hydrogen) atoms. The normalized spacial score (nSPS) is 17.2. The summed E-state index contributed by atoms with van der Waals surface area (Å²) in [5.41, 5.74) is 3.60. The van der Waals surface area contributed by atoms with Crippen molar-refractivity contribution >= 4 is 33.5 Å². The molecule has 1 aliphatic rings. The van der Waals surface area contributed by atoms with E-state index in [-0.39, 0.29) is 6.04 Å². The van der Waals surface area contributed by atoms with E-state index in [0.717, 1.165) is 44.0 Å². The highest BCUT2D eigenvalue weighted by Crippen LogP contribution is 2.19. The standard InChI is InChI=1S/C19H24N6O4S/c1-30(28,29)24-15-4-2-3-14(9-15)12-25-8-7-17(13-25)22-18-11-20-16(10-21-18)5-6-19(26)23-27/h2-6,9-11,17,24,27H,7-8,12-13H2,1H3,(H,21,22)(H,23,26)/b6-5+/t17-/m1/s1. The van der Waals surface area contributed by atoms with Gasteiger partial charge in [-0.15, -0.1) is 0 Å². The maximum atomic E-state index is 11.4. The topological polar surface area (TPSA) is 137 Å². The van der Waals surface area contributed by atoms with Crippen molar-refractivity contribution in [2.24, 2.45) is 0 Å². The Morgan fingerprint density at radius 3 is 2.87 bits per heavy atom. The second-order valence-corrected chi connectivity index (χ2v) is 8.82. The number of nitrogens with one attached hydrogen (secondary N) is 3. The maximum Gasteiger partial charge on any atom is 0.267 e. The van der Waals surface area contributed by atoms with Crippen LogP contribution in [0.3, 0.4) is 0 Å². The number of nitrogens with zero attached hydrogens (tertiary/aromatic N) is 3. The Hall–Kier alpha value is -3.02. The van der Waals surface area contributed by atoms with Crippen molar-refractivity contribution in [1.29, 1.82) is 0 Å². The van der Waals surface area contributed by atoms with Crippen molar-refractivity contribution in [3.05, 3.63) is 54.0 Å². The molecule has 1 aliphatic heterocycles. The highest BCUT2D eigenvalue weighted by Gasteiger charge is 2.22. The third kappa shape index (κ3) is 6.79. The molecule has 0 bridgehead atoms. The predicted octanol–water partition coefficient (Wildman–Crippen LogP) is 1.05. The van der Waals surface area contributed by atoms with E-state index in [1.807, 2.05) is 18.2 Å². The first kappa shape index (κ1) is 21.7. The van der Waals surface area contributed by atoms with Crippen LogP contribution in [-0.4, -0.2) is 59.8 Å². The number of sulfonamides is 1. The Morgan fingerprint density at radius 2 is 2.17 bits per heavy atom.